The lowest BCUT2D eigenvalue weighted by atomic mass is 10.2. The van der Waals surface area contributed by atoms with Crippen molar-refractivity contribution in [2.24, 2.45) is 5.10 Å². The number of para-hydroxylation sites is 1. The van der Waals surface area contributed by atoms with E-state index in [-0.39, 0.29) is 35.1 Å². The maximum atomic E-state index is 12.1. The Bertz CT molecular complexity index is 1010. The van der Waals surface area contributed by atoms with Crippen LogP contribution in [0.5, 0.6) is 11.5 Å². The molecule has 0 fully saturated rings. The van der Waals surface area contributed by atoms with Crippen molar-refractivity contribution in [1.29, 1.82) is 0 Å². The number of aromatic hydroxyl groups is 1. The van der Waals surface area contributed by atoms with Crippen LogP contribution in [0.2, 0.25) is 0 Å². The molecule has 2 aromatic carbocycles. The van der Waals surface area contributed by atoms with E-state index in [4.69, 9.17) is 4.74 Å². The number of carbonyl (C=O) groups is 2. The van der Waals surface area contributed by atoms with Gasteiger partial charge in [-0.05, 0) is 12.1 Å². The molecule has 0 spiro atoms. The molecule has 0 bridgehead atoms. The minimum Gasteiger partial charge on any atom is -0.504 e. The van der Waals surface area contributed by atoms with Gasteiger partial charge >= 0.3 is 0 Å². The molecule has 3 N–H and O–H groups in total. The number of benzene rings is 2. The Hall–Kier alpha value is -3.60. The second-order valence-corrected chi connectivity index (χ2v) is 7.18. The number of ether oxygens (including phenoxy) is 1. The molecule has 2 amide bonds. The van der Waals surface area contributed by atoms with Gasteiger partial charge in [-0.15, -0.1) is 11.8 Å². The zero-order valence-electron chi connectivity index (χ0n) is 15.1. The first kappa shape index (κ1) is 20.1. The quantitative estimate of drug-likeness (QED) is 0.372. The first-order valence-electron chi connectivity index (χ1n) is 8.33. The molecule has 0 saturated carbocycles. The van der Waals surface area contributed by atoms with Crippen LogP contribution < -0.4 is 15.5 Å². The lowest BCUT2D eigenvalue weighted by Gasteiger charge is -2.23. The summed E-state index contributed by atoms with van der Waals surface area (Å²) in [5.41, 5.74) is 2.64. The lowest BCUT2D eigenvalue weighted by molar-refractivity contribution is -0.385. The van der Waals surface area contributed by atoms with Crippen LogP contribution in [0.15, 0.2) is 46.4 Å². The summed E-state index contributed by atoms with van der Waals surface area (Å²) >= 11 is 1.28. The van der Waals surface area contributed by atoms with Gasteiger partial charge in [0.2, 0.25) is 11.8 Å². The number of fused-ring (bicyclic) bond motifs is 1. The minimum absolute atomic E-state index is 0.00457. The highest BCUT2D eigenvalue weighted by atomic mass is 32.2. The van der Waals surface area contributed by atoms with Gasteiger partial charge in [0.25, 0.3) is 5.69 Å². The Kier molecular flexibility index (Phi) is 5.98. The molecule has 150 valence electrons. The first-order chi connectivity index (χ1) is 13.9. The summed E-state index contributed by atoms with van der Waals surface area (Å²) < 4.78 is 4.89. The Morgan fingerprint density at radius 2 is 2.21 bits per heavy atom. The van der Waals surface area contributed by atoms with Crippen molar-refractivity contribution in [3.8, 4) is 11.5 Å². The molecule has 1 heterocycles. The Morgan fingerprint density at radius 3 is 2.93 bits per heavy atom. The summed E-state index contributed by atoms with van der Waals surface area (Å²) in [6.07, 6.45) is 0.943. The second-order valence-electron chi connectivity index (χ2n) is 5.93. The number of amides is 2. The predicted octanol–water partition coefficient (Wildman–Crippen LogP) is 2.26. The normalized spacial score (nSPS) is 15.5. The van der Waals surface area contributed by atoms with Gasteiger partial charge in [-0.1, -0.05) is 12.1 Å². The van der Waals surface area contributed by atoms with Gasteiger partial charge in [0.1, 0.15) is 0 Å². The molecule has 0 aromatic heterocycles. The number of thioether (sulfide) groups is 1. The largest absolute Gasteiger partial charge is 0.504 e. The summed E-state index contributed by atoms with van der Waals surface area (Å²) in [4.78, 5) is 35.5. The number of non-ortho nitro benzene ring substituents is 1. The number of phenols is 1. The maximum absolute atomic E-state index is 12.1. The summed E-state index contributed by atoms with van der Waals surface area (Å²) in [6, 6.07) is 9.43. The van der Waals surface area contributed by atoms with E-state index in [1.165, 1.54) is 18.9 Å². The van der Waals surface area contributed by atoms with Gasteiger partial charge in [0.15, 0.2) is 11.5 Å². The third-order valence-corrected chi connectivity index (χ3v) is 5.27. The Balaban J connectivity index is 1.65. The topological polar surface area (TPSA) is 143 Å². The number of hydrogen-bond acceptors (Lipinski definition) is 8. The van der Waals surface area contributed by atoms with Gasteiger partial charge < -0.3 is 15.2 Å². The van der Waals surface area contributed by atoms with Crippen LogP contribution in [0, 0.1) is 10.1 Å². The number of nitro groups is 1. The molecule has 0 saturated heterocycles. The molecule has 1 unspecified atom stereocenters. The average Bonchev–Trinajstić information content (AvgIpc) is 2.69. The van der Waals surface area contributed by atoms with Crippen LogP contribution in [0.25, 0.3) is 0 Å². The van der Waals surface area contributed by atoms with E-state index in [1.807, 2.05) is 12.1 Å². The third-order valence-electron chi connectivity index (χ3n) is 3.99. The monoisotopic (exact) mass is 416 g/mol. The highest BCUT2D eigenvalue weighted by molar-refractivity contribution is 8.01. The van der Waals surface area contributed by atoms with Crippen LogP contribution in [0.4, 0.5) is 11.4 Å². The zero-order chi connectivity index (χ0) is 21.0. The van der Waals surface area contributed by atoms with Crippen molar-refractivity contribution in [3.63, 3.8) is 0 Å². The molecule has 29 heavy (non-hydrogen) atoms. The van der Waals surface area contributed by atoms with Crippen molar-refractivity contribution in [2.75, 3.05) is 12.4 Å². The predicted molar refractivity (Wildman–Crippen MR) is 106 cm³/mol. The standard InChI is InChI=1S/C18H16N4O6S/c1-28-13-7-11(22(26)27)6-10(17(13)24)9-19-21-16(23)8-15-18(25)20-12-4-2-3-5-14(12)29-15/h2-7,9,15,24H,8H2,1H3,(H,20,25)(H,21,23)/b19-9+. The fourth-order valence-electron chi connectivity index (χ4n) is 2.59. The Labute approximate surface area is 169 Å². The number of hydrazone groups is 1. The van der Waals surface area contributed by atoms with Gasteiger partial charge in [0.05, 0.1) is 35.3 Å². The molecule has 1 atom stereocenters. The van der Waals surface area contributed by atoms with Crippen LogP contribution in [0.3, 0.4) is 0 Å². The summed E-state index contributed by atoms with van der Waals surface area (Å²) in [5, 5.41) is 26.8. The van der Waals surface area contributed by atoms with Crippen LogP contribution in [-0.2, 0) is 9.59 Å². The van der Waals surface area contributed by atoms with Gasteiger partial charge in [-0.3, -0.25) is 19.7 Å². The number of hydrogen-bond donors (Lipinski definition) is 3. The Morgan fingerprint density at radius 1 is 1.45 bits per heavy atom. The van der Waals surface area contributed by atoms with Crippen LogP contribution in [-0.4, -0.2) is 40.4 Å². The SMILES string of the molecule is COc1cc([N+](=O)[O-])cc(/C=N/NC(=O)CC2Sc3ccccc3NC2=O)c1O. The van der Waals surface area contributed by atoms with Crippen molar-refractivity contribution in [3.05, 3.63) is 52.1 Å². The molecule has 2 aromatic rings. The van der Waals surface area contributed by atoms with E-state index < -0.39 is 16.1 Å². The van der Waals surface area contributed by atoms with Crippen LogP contribution >= 0.6 is 11.8 Å². The molecular formula is C18H16N4O6S. The van der Waals surface area contributed by atoms with Gasteiger partial charge in [0, 0.05) is 22.9 Å². The molecule has 3 rings (SSSR count). The van der Waals surface area contributed by atoms with E-state index in [0.29, 0.717) is 5.69 Å². The number of carbonyl (C=O) groups excluding carboxylic acids is 2. The highest BCUT2D eigenvalue weighted by Gasteiger charge is 2.28. The van der Waals surface area contributed by atoms with E-state index in [0.717, 1.165) is 23.2 Å². The van der Waals surface area contributed by atoms with E-state index >= 15 is 0 Å². The van der Waals surface area contributed by atoms with Crippen molar-refractivity contribution < 1.29 is 24.4 Å². The fourth-order valence-corrected chi connectivity index (χ4v) is 3.70. The fraction of sp³-hybridized carbons (Fsp3) is 0.167. The molecule has 0 aliphatic carbocycles. The minimum atomic E-state index is -0.644. The number of methoxy groups -OCH3 is 1. The smallest absolute Gasteiger partial charge is 0.274 e. The van der Waals surface area contributed by atoms with E-state index in [2.05, 4.69) is 15.8 Å². The van der Waals surface area contributed by atoms with Crippen LogP contribution in [0.1, 0.15) is 12.0 Å². The molecule has 1 aliphatic heterocycles. The molecule has 1 aliphatic rings. The van der Waals surface area contributed by atoms with Crippen molar-refractivity contribution in [1.82, 2.24) is 5.43 Å². The third kappa shape index (κ3) is 4.63. The highest BCUT2D eigenvalue weighted by Crippen LogP contribution is 2.36. The number of phenolic OH excluding ortho intramolecular Hbond substituents is 1. The zero-order valence-corrected chi connectivity index (χ0v) is 15.9. The number of anilines is 1. The number of nitrogens with one attached hydrogen (secondary N) is 2. The summed E-state index contributed by atoms with van der Waals surface area (Å²) in [7, 11) is 1.26. The van der Waals surface area contributed by atoms with Gasteiger partial charge in [-0.2, -0.15) is 5.10 Å². The molecule has 11 heteroatoms. The second kappa shape index (κ2) is 8.61. The number of rotatable bonds is 6. The van der Waals surface area contributed by atoms with E-state index in [9.17, 15) is 24.8 Å². The van der Waals surface area contributed by atoms with Crippen molar-refractivity contribution in [2.45, 2.75) is 16.6 Å². The van der Waals surface area contributed by atoms with Gasteiger partial charge in [-0.25, -0.2) is 5.43 Å². The number of nitro benzene ring substituents is 1. The molecule has 10 nitrogen and oxygen atoms in total. The van der Waals surface area contributed by atoms with Crippen molar-refractivity contribution >= 4 is 41.2 Å². The molecular weight excluding hydrogens is 400 g/mol. The summed E-state index contributed by atoms with van der Waals surface area (Å²) in [6.45, 7) is 0. The lowest BCUT2D eigenvalue weighted by Crippen LogP contribution is -2.33. The average molecular weight is 416 g/mol. The summed E-state index contributed by atoms with van der Waals surface area (Å²) in [5.74, 6) is -1.25. The molecule has 0 radical (unpaired) electrons. The first-order valence-corrected chi connectivity index (χ1v) is 9.21. The maximum Gasteiger partial charge on any atom is 0.274 e. The van der Waals surface area contributed by atoms with E-state index in [1.54, 1.807) is 12.1 Å². The number of nitrogens with zero attached hydrogens (tertiary/aromatic N) is 2.